The van der Waals surface area contributed by atoms with Gasteiger partial charge in [-0.2, -0.15) is 0 Å². The second kappa shape index (κ2) is 8.97. The molecule has 0 bridgehead atoms. The molecular weight excluding hydrogens is 310 g/mol. The highest BCUT2D eigenvalue weighted by Gasteiger charge is 2.26. The molecule has 0 radical (unpaired) electrons. The largest absolute Gasteiger partial charge is 0.369 e. The molecule has 0 unspecified atom stereocenters. The summed E-state index contributed by atoms with van der Waals surface area (Å²) in [7, 11) is 0. The van der Waals surface area contributed by atoms with E-state index in [1.54, 1.807) is 18.3 Å². The van der Waals surface area contributed by atoms with Crippen molar-refractivity contribution >= 4 is 17.7 Å². The first kappa shape index (κ1) is 17.9. The summed E-state index contributed by atoms with van der Waals surface area (Å²) in [6.45, 7) is 2.21. The lowest BCUT2D eigenvalue weighted by Gasteiger charge is -2.30. The van der Waals surface area contributed by atoms with Gasteiger partial charge in [0, 0.05) is 32.0 Å². The molecule has 4 N–H and O–H groups in total. The van der Waals surface area contributed by atoms with Crippen molar-refractivity contribution in [3.05, 3.63) is 30.1 Å². The number of carbonyl (C=O) groups excluding carboxylic acids is 3. The Morgan fingerprint density at radius 3 is 2.79 bits per heavy atom. The first-order valence-corrected chi connectivity index (χ1v) is 8.03. The van der Waals surface area contributed by atoms with E-state index in [1.165, 1.54) is 6.20 Å². The van der Waals surface area contributed by atoms with Gasteiger partial charge in [-0.3, -0.25) is 24.3 Å². The fourth-order valence-corrected chi connectivity index (χ4v) is 2.74. The molecule has 1 aromatic rings. The molecule has 1 saturated heterocycles. The summed E-state index contributed by atoms with van der Waals surface area (Å²) in [5, 5.41) is 5.55. The lowest BCUT2D eigenvalue weighted by Crippen LogP contribution is -2.46. The van der Waals surface area contributed by atoms with Crippen molar-refractivity contribution in [1.29, 1.82) is 0 Å². The third-order valence-electron chi connectivity index (χ3n) is 3.89. The van der Waals surface area contributed by atoms with E-state index >= 15 is 0 Å². The van der Waals surface area contributed by atoms with Crippen LogP contribution in [0, 0.1) is 5.92 Å². The maximum absolute atomic E-state index is 12.2. The van der Waals surface area contributed by atoms with Crippen LogP contribution in [0.1, 0.15) is 23.2 Å². The normalized spacial score (nSPS) is 17.9. The molecule has 8 nitrogen and oxygen atoms in total. The minimum absolute atomic E-state index is 0.0557. The maximum atomic E-state index is 12.2. The highest BCUT2D eigenvalue weighted by molar-refractivity contribution is 5.93. The lowest BCUT2D eigenvalue weighted by atomic mass is 9.97. The molecule has 1 aliphatic rings. The van der Waals surface area contributed by atoms with Gasteiger partial charge >= 0.3 is 0 Å². The topological polar surface area (TPSA) is 117 Å². The average Bonchev–Trinajstić information content (AvgIpc) is 2.58. The first-order valence-electron chi connectivity index (χ1n) is 8.03. The number of hydrogen-bond donors (Lipinski definition) is 3. The number of rotatable bonds is 7. The summed E-state index contributed by atoms with van der Waals surface area (Å²) < 4.78 is 0. The van der Waals surface area contributed by atoms with Gasteiger partial charge in [0.15, 0.2) is 0 Å². The molecule has 1 aromatic heterocycles. The van der Waals surface area contributed by atoms with Gasteiger partial charge in [0.2, 0.25) is 11.8 Å². The average molecular weight is 333 g/mol. The quantitative estimate of drug-likeness (QED) is 0.561. The molecule has 0 aliphatic carbocycles. The van der Waals surface area contributed by atoms with Crippen LogP contribution in [0.4, 0.5) is 0 Å². The number of nitrogens with zero attached hydrogens (tertiary/aromatic N) is 2. The van der Waals surface area contributed by atoms with Crippen LogP contribution in [-0.4, -0.2) is 60.3 Å². The fourth-order valence-electron chi connectivity index (χ4n) is 2.74. The van der Waals surface area contributed by atoms with Gasteiger partial charge in [-0.25, -0.2) is 0 Å². The number of pyridine rings is 1. The number of amides is 3. The van der Waals surface area contributed by atoms with Crippen LogP contribution in [0.5, 0.6) is 0 Å². The number of nitrogens with two attached hydrogens (primary N) is 1. The molecule has 2 heterocycles. The number of likely N-dealkylation sites (tertiary alicyclic amines) is 1. The van der Waals surface area contributed by atoms with Crippen molar-refractivity contribution in [3.63, 3.8) is 0 Å². The Balaban J connectivity index is 1.67. The van der Waals surface area contributed by atoms with Crippen LogP contribution in [-0.2, 0) is 9.59 Å². The third-order valence-corrected chi connectivity index (χ3v) is 3.89. The van der Waals surface area contributed by atoms with Gasteiger partial charge < -0.3 is 16.4 Å². The molecule has 0 saturated carbocycles. The summed E-state index contributed by atoms with van der Waals surface area (Å²) in [6.07, 6.45) is 4.75. The van der Waals surface area contributed by atoms with Crippen LogP contribution in [0.3, 0.4) is 0 Å². The van der Waals surface area contributed by atoms with E-state index in [9.17, 15) is 14.4 Å². The fraction of sp³-hybridized carbons (Fsp3) is 0.500. The third kappa shape index (κ3) is 5.62. The van der Waals surface area contributed by atoms with E-state index in [4.69, 9.17) is 5.73 Å². The van der Waals surface area contributed by atoms with Crippen LogP contribution in [0.2, 0.25) is 0 Å². The Morgan fingerprint density at radius 2 is 2.08 bits per heavy atom. The van der Waals surface area contributed by atoms with Crippen molar-refractivity contribution in [2.45, 2.75) is 12.8 Å². The number of aromatic nitrogens is 1. The van der Waals surface area contributed by atoms with Crippen molar-refractivity contribution in [2.75, 3.05) is 32.7 Å². The van der Waals surface area contributed by atoms with Crippen LogP contribution in [0.25, 0.3) is 0 Å². The van der Waals surface area contributed by atoms with Crippen molar-refractivity contribution in [2.24, 2.45) is 11.7 Å². The van der Waals surface area contributed by atoms with Crippen LogP contribution < -0.4 is 16.4 Å². The molecule has 3 amide bonds. The molecule has 0 spiro atoms. The van der Waals surface area contributed by atoms with Crippen LogP contribution in [0.15, 0.2) is 24.5 Å². The van der Waals surface area contributed by atoms with E-state index < -0.39 is 0 Å². The molecule has 1 fully saturated rings. The standard InChI is InChI=1S/C16H23N5O3/c17-14(22)11-21-8-2-4-13(10-21)16(24)20-7-6-19-15(23)12-3-1-5-18-9-12/h1,3,5,9,13H,2,4,6-8,10-11H2,(H2,17,22)(H,19,23)(H,20,24)/t13-/m1/s1. The SMILES string of the molecule is NC(=O)CN1CCC[C@@H](C(=O)NCCNC(=O)c2cccnc2)C1. The summed E-state index contributed by atoms with van der Waals surface area (Å²) in [4.78, 5) is 40.7. The summed E-state index contributed by atoms with van der Waals surface area (Å²) >= 11 is 0. The van der Waals surface area contributed by atoms with Gasteiger partial charge in [-0.15, -0.1) is 0 Å². The monoisotopic (exact) mass is 333 g/mol. The van der Waals surface area contributed by atoms with E-state index in [0.717, 1.165) is 19.4 Å². The maximum Gasteiger partial charge on any atom is 0.252 e. The smallest absolute Gasteiger partial charge is 0.252 e. The zero-order valence-corrected chi connectivity index (χ0v) is 13.5. The molecule has 8 heteroatoms. The minimum atomic E-state index is -0.380. The molecular formula is C16H23N5O3. The molecule has 130 valence electrons. The predicted molar refractivity (Wildman–Crippen MR) is 87.9 cm³/mol. The number of nitrogens with one attached hydrogen (secondary N) is 2. The molecule has 1 atom stereocenters. The Labute approximate surface area is 140 Å². The summed E-state index contributed by atoms with van der Waals surface area (Å²) in [5.74, 6) is -0.802. The predicted octanol–water partition coefficient (Wildman–Crippen LogP) is -0.875. The first-order chi connectivity index (χ1) is 11.6. The van der Waals surface area contributed by atoms with E-state index in [1.807, 2.05) is 4.90 Å². The highest BCUT2D eigenvalue weighted by Crippen LogP contribution is 2.16. The van der Waals surface area contributed by atoms with Crippen molar-refractivity contribution in [3.8, 4) is 0 Å². The lowest BCUT2D eigenvalue weighted by molar-refractivity contribution is -0.128. The van der Waals surface area contributed by atoms with Gasteiger partial charge in [-0.1, -0.05) is 0 Å². The Hall–Kier alpha value is -2.48. The number of piperidine rings is 1. The number of hydrogen-bond acceptors (Lipinski definition) is 5. The van der Waals surface area contributed by atoms with Gasteiger partial charge in [-0.05, 0) is 31.5 Å². The van der Waals surface area contributed by atoms with Crippen molar-refractivity contribution in [1.82, 2.24) is 20.5 Å². The highest BCUT2D eigenvalue weighted by atomic mass is 16.2. The van der Waals surface area contributed by atoms with Gasteiger partial charge in [0.05, 0.1) is 18.0 Å². The van der Waals surface area contributed by atoms with Gasteiger partial charge in [0.1, 0.15) is 0 Å². The zero-order valence-electron chi connectivity index (χ0n) is 13.5. The van der Waals surface area contributed by atoms with E-state index in [0.29, 0.717) is 25.2 Å². The molecule has 0 aromatic carbocycles. The molecule has 24 heavy (non-hydrogen) atoms. The Morgan fingerprint density at radius 1 is 1.29 bits per heavy atom. The number of primary amides is 1. The summed E-state index contributed by atoms with van der Waals surface area (Å²) in [5.41, 5.74) is 5.68. The second-order valence-corrected chi connectivity index (χ2v) is 5.83. The summed E-state index contributed by atoms with van der Waals surface area (Å²) in [6, 6.07) is 3.37. The Bertz CT molecular complexity index is 578. The van der Waals surface area contributed by atoms with Crippen LogP contribution >= 0.6 is 0 Å². The molecule has 1 aliphatic heterocycles. The van der Waals surface area contributed by atoms with E-state index in [2.05, 4.69) is 15.6 Å². The number of carbonyl (C=O) groups is 3. The van der Waals surface area contributed by atoms with E-state index in [-0.39, 0.29) is 30.2 Å². The minimum Gasteiger partial charge on any atom is -0.369 e. The second-order valence-electron chi connectivity index (χ2n) is 5.83. The van der Waals surface area contributed by atoms with Gasteiger partial charge in [0.25, 0.3) is 5.91 Å². The van der Waals surface area contributed by atoms with Crippen molar-refractivity contribution < 1.29 is 14.4 Å². The zero-order chi connectivity index (χ0) is 17.4. The molecule has 2 rings (SSSR count). The Kier molecular flexibility index (Phi) is 6.68.